The SMILES string of the molecule is CNc1ncnc(NCC(C)C(C)(C)C)c1C. The molecule has 4 heteroatoms. The van der Waals surface area contributed by atoms with Crippen LogP contribution in [0.2, 0.25) is 0 Å². The van der Waals surface area contributed by atoms with E-state index in [9.17, 15) is 0 Å². The Morgan fingerprint density at radius 1 is 1.24 bits per heavy atom. The van der Waals surface area contributed by atoms with E-state index in [-0.39, 0.29) is 0 Å². The highest BCUT2D eigenvalue weighted by Gasteiger charge is 2.20. The Kier molecular flexibility index (Phi) is 4.32. The Bertz CT molecular complexity index is 368. The van der Waals surface area contributed by atoms with Gasteiger partial charge in [0, 0.05) is 19.2 Å². The van der Waals surface area contributed by atoms with Gasteiger partial charge in [-0.3, -0.25) is 0 Å². The van der Waals surface area contributed by atoms with Gasteiger partial charge in [0.2, 0.25) is 0 Å². The minimum Gasteiger partial charge on any atom is -0.373 e. The summed E-state index contributed by atoms with van der Waals surface area (Å²) in [5.41, 5.74) is 1.37. The van der Waals surface area contributed by atoms with Crippen molar-refractivity contribution in [3.63, 3.8) is 0 Å². The first kappa shape index (κ1) is 13.7. The maximum atomic E-state index is 4.28. The first-order valence-corrected chi connectivity index (χ1v) is 6.09. The first-order chi connectivity index (χ1) is 7.86. The zero-order chi connectivity index (χ0) is 13.1. The van der Waals surface area contributed by atoms with Gasteiger partial charge in [0.1, 0.15) is 18.0 Å². The normalized spacial score (nSPS) is 13.3. The summed E-state index contributed by atoms with van der Waals surface area (Å²) >= 11 is 0. The Morgan fingerprint density at radius 2 is 1.82 bits per heavy atom. The number of hydrogen-bond donors (Lipinski definition) is 2. The largest absolute Gasteiger partial charge is 0.373 e. The van der Waals surface area contributed by atoms with E-state index >= 15 is 0 Å². The molecule has 0 spiro atoms. The molecule has 96 valence electrons. The van der Waals surface area contributed by atoms with Crippen molar-refractivity contribution in [2.24, 2.45) is 11.3 Å². The standard InChI is InChI=1S/C13H24N4/c1-9(13(3,4)5)7-15-12-10(2)11(14-6)16-8-17-12/h8-9H,7H2,1-6H3,(H2,14,15,16,17). The molecule has 0 amide bonds. The molecule has 0 bridgehead atoms. The molecule has 1 atom stereocenters. The molecule has 1 rings (SSSR count). The molecular weight excluding hydrogens is 212 g/mol. The lowest BCUT2D eigenvalue weighted by molar-refractivity contribution is 0.274. The van der Waals surface area contributed by atoms with E-state index in [0.717, 1.165) is 23.7 Å². The molecule has 0 saturated heterocycles. The molecule has 0 fully saturated rings. The van der Waals surface area contributed by atoms with Crippen molar-refractivity contribution >= 4 is 11.6 Å². The molecule has 1 aromatic rings. The number of anilines is 2. The van der Waals surface area contributed by atoms with Gasteiger partial charge in [-0.25, -0.2) is 9.97 Å². The summed E-state index contributed by atoms with van der Waals surface area (Å²) in [5, 5.41) is 6.47. The van der Waals surface area contributed by atoms with Crippen molar-refractivity contribution in [2.45, 2.75) is 34.6 Å². The molecular formula is C13H24N4. The van der Waals surface area contributed by atoms with Crippen LogP contribution < -0.4 is 10.6 Å². The van der Waals surface area contributed by atoms with Crippen LogP contribution in [0.1, 0.15) is 33.3 Å². The van der Waals surface area contributed by atoms with Crippen LogP contribution in [-0.2, 0) is 0 Å². The fourth-order valence-corrected chi connectivity index (χ4v) is 1.44. The maximum Gasteiger partial charge on any atom is 0.134 e. The van der Waals surface area contributed by atoms with Gasteiger partial charge >= 0.3 is 0 Å². The van der Waals surface area contributed by atoms with Crippen LogP contribution in [-0.4, -0.2) is 23.6 Å². The number of nitrogens with zero attached hydrogens (tertiary/aromatic N) is 2. The summed E-state index contributed by atoms with van der Waals surface area (Å²) in [4.78, 5) is 8.45. The number of aromatic nitrogens is 2. The zero-order valence-corrected chi connectivity index (χ0v) is 11.8. The number of rotatable bonds is 4. The lowest BCUT2D eigenvalue weighted by atomic mass is 9.82. The van der Waals surface area contributed by atoms with Gasteiger partial charge in [0.05, 0.1) is 0 Å². The van der Waals surface area contributed by atoms with Crippen molar-refractivity contribution in [3.05, 3.63) is 11.9 Å². The van der Waals surface area contributed by atoms with Crippen molar-refractivity contribution in [2.75, 3.05) is 24.2 Å². The van der Waals surface area contributed by atoms with E-state index < -0.39 is 0 Å². The molecule has 1 aromatic heterocycles. The molecule has 0 radical (unpaired) electrons. The Balaban J connectivity index is 2.70. The third kappa shape index (κ3) is 3.58. The monoisotopic (exact) mass is 236 g/mol. The summed E-state index contributed by atoms with van der Waals surface area (Å²) in [6.45, 7) is 12.0. The van der Waals surface area contributed by atoms with E-state index in [1.807, 2.05) is 14.0 Å². The predicted octanol–water partition coefficient (Wildman–Crippen LogP) is 2.92. The molecule has 0 aromatic carbocycles. The van der Waals surface area contributed by atoms with E-state index in [1.165, 1.54) is 0 Å². The Hall–Kier alpha value is -1.32. The van der Waals surface area contributed by atoms with Crippen LogP contribution in [0.5, 0.6) is 0 Å². The van der Waals surface area contributed by atoms with Gasteiger partial charge in [-0.1, -0.05) is 27.7 Å². The van der Waals surface area contributed by atoms with E-state index in [4.69, 9.17) is 0 Å². The van der Waals surface area contributed by atoms with Crippen LogP contribution in [0.25, 0.3) is 0 Å². The quantitative estimate of drug-likeness (QED) is 0.844. The van der Waals surface area contributed by atoms with Gasteiger partial charge in [-0.15, -0.1) is 0 Å². The number of hydrogen-bond acceptors (Lipinski definition) is 4. The third-order valence-corrected chi connectivity index (χ3v) is 3.37. The highest BCUT2D eigenvalue weighted by Crippen LogP contribution is 2.26. The smallest absolute Gasteiger partial charge is 0.134 e. The van der Waals surface area contributed by atoms with Crippen LogP contribution in [0, 0.1) is 18.3 Å². The molecule has 0 aliphatic rings. The van der Waals surface area contributed by atoms with E-state index in [0.29, 0.717) is 11.3 Å². The second kappa shape index (κ2) is 5.34. The van der Waals surface area contributed by atoms with Crippen molar-refractivity contribution in [1.29, 1.82) is 0 Å². The topological polar surface area (TPSA) is 49.8 Å². The van der Waals surface area contributed by atoms with Gasteiger partial charge in [0.25, 0.3) is 0 Å². The predicted molar refractivity (Wildman–Crippen MR) is 73.4 cm³/mol. The fraction of sp³-hybridized carbons (Fsp3) is 0.692. The van der Waals surface area contributed by atoms with Crippen molar-refractivity contribution in [1.82, 2.24) is 9.97 Å². The van der Waals surface area contributed by atoms with Crippen LogP contribution in [0.15, 0.2) is 6.33 Å². The lowest BCUT2D eigenvalue weighted by Crippen LogP contribution is -2.25. The Labute approximate surface area is 104 Å². The maximum absolute atomic E-state index is 4.28. The summed E-state index contributed by atoms with van der Waals surface area (Å²) in [5.74, 6) is 2.38. The van der Waals surface area contributed by atoms with E-state index in [2.05, 4.69) is 48.3 Å². The molecule has 0 aliphatic carbocycles. The van der Waals surface area contributed by atoms with Crippen LogP contribution in [0.4, 0.5) is 11.6 Å². The van der Waals surface area contributed by atoms with Crippen molar-refractivity contribution < 1.29 is 0 Å². The Morgan fingerprint density at radius 3 is 2.35 bits per heavy atom. The van der Waals surface area contributed by atoms with Gasteiger partial charge < -0.3 is 10.6 Å². The van der Waals surface area contributed by atoms with E-state index in [1.54, 1.807) is 6.33 Å². The van der Waals surface area contributed by atoms with Crippen LogP contribution >= 0.6 is 0 Å². The molecule has 0 aliphatic heterocycles. The summed E-state index contributed by atoms with van der Waals surface area (Å²) in [6.07, 6.45) is 1.59. The zero-order valence-electron chi connectivity index (χ0n) is 11.8. The summed E-state index contributed by atoms with van der Waals surface area (Å²) in [6, 6.07) is 0. The molecule has 2 N–H and O–H groups in total. The summed E-state index contributed by atoms with van der Waals surface area (Å²) in [7, 11) is 1.87. The molecule has 1 heterocycles. The van der Waals surface area contributed by atoms with Gasteiger partial charge in [-0.05, 0) is 18.3 Å². The van der Waals surface area contributed by atoms with Gasteiger partial charge in [-0.2, -0.15) is 0 Å². The summed E-state index contributed by atoms with van der Waals surface area (Å²) < 4.78 is 0. The average molecular weight is 236 g/mol. The molecule has 4 nitrogen and oxygen atoms in total. The fourth-order valence-electron chi connectivity index (χ4n) is 1.44. The highest BCUT2D eigenvalue weighted by molar-refractivity contribution is 5.56. The minimum absolute atomic E-state index is 0.305. The molecule has 1 unspecified atom stereocenters. The molecule has 0 saturated carbocycles. The minimum atomic E-state index is 0.305. The van der Waals surface area contributed by atoms with Crippen LogP contribution in [0.3, 0.4) is 0 Å². The lowest BCUT2D eigenvalue weighted by Gasteiger charge is -2.27. The second-order valence-electron chi connectivity index (χ2n) is 5.59. The second-order valence-corrected chi connectivity index (χ2v) is 5.59. The highest BCUT2D eigenvalue weighted by atomic mass is 15.1. The molecule has 17 heavy (non-hydrogen) atoms. The van der Waals surface area contributed by atoms with Crippen molar-refractivity contribution in [3.8, 4) is 0 Å². The number of nitrogens with one attached hydrogen (secondary N) is 2. The average Bonchev–Trinajstić information content (AvgIpc) is 2.26. The third-order valence-electron chi connectivity index (χ3n) is 3.37. The van der Waals surface area contributed by atoms with Gasteiger partial charge in [0.15, 0.2) is 0 Å². The first-order valence-electron chi connectivity index (χ1n) is 6.09.